The molecule has 0 amide bonds. The van der Waals surface area contributed by atoms with Gasteiger partial charge in [-0.25, -0.2) is 0 Å². The van der Waals surface area contributed by atoms with Crippen molar-refractivity contribution in [3.05, 3.63) is 0 Å². The molecular weight excluding hydrogens is 256 g/mol. The number of aromatic nitrogens is 3. The van der Waals surface area contributed by atoms with E-state index in [1.54, 1.807) is 0 Å². The maximum Gasteiger partial charge on any atom is 0.322 e. The average Bonchev–Trinajstić information content (AvgIpc) is 3.01. The van der Waals surface area contributed by atoms with Crippen molar-refractivity contribution in [1.29, 1.82) is 0 Å². The van der Waals surface area contributed by atoms with Crippen LogP contribution in [-0.4, -0.2) is 59.2 Å². The summed E-state index contributed by atoms with van der Waals surface area (Å²) in [7, 11) is 1.54. The van der Waals surface area contributed by atoms with E-state index in [4.69, 9.17) is 10.5 Å². The highest BCUT2D eigenvalue weighted by Gasteiger charge is 2.27. The van der Waals surface area contributed by atoms with Gasteiger partial charge in [0.15, 0.2) is 0 Å². The van der Waals surface area contributed by atoms with E-state index in [1.165, 1.54) is 32.8 Å². The van der Waals surface area contributed by atoms with E-state index in [1.807, 2.05) is 0 Å². The van der Waals surface area contributed by atoms with Gasteiger partial charge in [-0.1, -0.05) is 12.8 Å². The van der Waals surface area contributed by atoms with E-state index in [2.05, 4.69) is 24.8 Å². The maximum atomic E-state index is 5.69. The number of rotatable bonds is 3. The molecule has 1 aromatic heterocycles. The van der Waals surface area contributed by atoms with Crippen molar-refractivity contribution in [3.8, 4) is 6.01 Å². The summed E-state index contributed by atoms with van der Waals surface area (Å²) in [6, 6.07) is 1.07. The number of nitrogens with zero attached hydrogens (tertiary/aromatic N) is 5. The fraction of sp³-hybridized carbons (Fsp3) is 0.769. The fourth-order valence-corrected chi connectivity index (χ4v) is 3.15. The molecule has 7 heteroatoms. The van der Waals surface area contributed by atoms with Gasteiger partial charge in [0.1, 0.15) is 0 Å². The zero-order valence-corrected chi connectivity index (χ0v) is 12.0. The molecule has 0 radical (unpaired) electrons. The smallest absolute Gasteiger partial charge is 0.322 e. The molecule has 0 bridgehead atoms. The molecule has 0 aromatic carbocycles. The first-order chi connectivity index (χ1) is 9.76. The van der Waals surface area contributed by atoms with Gasteiger partial charge in [0.25, 0.3) is 0 Å². The number of piperazine rings is 1. The normalized spacial score (nSPS) is 21.4. The minimum Gasteiger partial charge on any atom is -0.467 e. The molecule has 20 heavy (non-hydrogen) atoms. The van der Waals surface area contributed by atoms with Crippen LogP contribution in [0.4, 0.5) is 11.9 Å². The Morgan fingerprint density at radius 2 is 1.75 bits per heavy atom. The number of nitrogen functional groups attached to an aromatic ring is 1. The van der Waals surface area contributed by atoms with E-state index in [0.717, 1.165) is 32.2 Å². The van der Waals surface area contributed by atoms with Crippen LogP contribution in [0.15, 0.2) is 0 Å². The number of hydrogen-bond acceptors (Lipinski definition) is 7. The van der Waals surface area contributed by atoms with Gasteiger partial charge in [-0.2, -0.15) is 15.0 Å². The Bertz CT molecular complexity index is 454. The maximum absolute atomic E-state index is 5.69. The van der Waals surface area contributed by atoms with E-state index in [0.29, 0.717) is 5.95 Å². The Balaban J connectivity index is 1.64. The molecule has 1 saturated heterocycles. The third-order valence-corrected chi connectivity index (χ3v) is 4.24. The Labute approximate surface area is 119 Å². The lowest BCUT2D eigenvalue weighted by Crippen LogP contribution is -2.50. The molecule has 110 valence electrons. The molecule has 2 N–H and O–H groups in total. The first-order valence-electron chi connectivity index (χ1n) is 7.31. The van der Waals surface area contributed by atoms with Gasteiger partial charge in [-0.15, -0.1) is 0 Å². The van der Waals surface area contributed by atoms with Gasteiger partial charge >= 0.3 is 6.01 Å². The highest BCUT2D eigenvalue weighted by molar-refractivity contribution is 5.36. The molecule has 1 saturated carbocycles. The molecule has 2 fully saturated rings. The molecule has 1 aliphatic heterocycles. The molecule has 7 nitrogen and oxygen atoms in total. The van der Waals surface area contributed by atoms with Gasteiger partial charge in [-0.05, 0) is 12.8 Å². The Morgan fingerprint density at radius 3 is 2.40 bits per heavy atom. The summed E-state index contributed by atoms with van der Waals surface area (Å²) in [6.07, 6.45) is 5.47. The van der Waals surface area contributed by atoms with Crippen LogP contribution in [0, 0.1) is 0 Å². The number of ether oxygens (including phenoxy) is 1. The largest absolute Gasteiger partial charge is 0.467 e. The third-order valence-electron chi connectivity index (χ3n) is 4.24. The molecule has 1 aliphatic carbocycles. The first-order valence-corrected chi connectivity index (χ1v) is 7.31. The van der Waals surface area contributed by atoms with Crippen LogP contribution in [0.25, 0.3) is 0 Å². The first kappa shape index (κ1) is 13.4. The van der Waals surface area contributed by atoms with E-state index >= 15 is 0 Å². The summed E-state index contributed by atoms with van der Waals surface area (Å²) in [4.78, 5) is 17.2. The van der Waals surface area contributed by atoms with Crippen molar-refractivity contribution in [2.24, 2.45) is 0 Å². The summed E-state index contributed by atoms with van der Waals surface area (Å²) in [6.45, 7) is 4.00. The van der Waals surface area contributed by atoms with Gasteiger partial charge in [0.2, 0.25) is 11.9 Å². The molecular formula is C13H22N6O. The summed E-state index contributed by atoms with van der Waals surface area (Å²) in [5.41, 5.74) is 5.69. The summed E-state index contributed by atoms with van der Waals surface area (Å²) >= 11 is 0. The van der Waals surface area contributed by atoms with Crippen molar-refractivity contribution in [2.75, 3.05) is 43.9 Å². The minimum absolute atomic E-state index is 0.213. The Kier molecular flexibility index (Phi) is 3.86. The topological polar surface area (TPSA) is 80.4 Å². The van der Waals surface area contributed by atoms with Gasteiger partial charge in [0, 0.05) is 32.2 Å². The number of methoxy groups -OCH3 is 1. The van der Waals surface area contributed by atoms with E-state index < -0.39 is 0 Å². The van der Waals surface area contributed by atoms with Crippen molar-refractivity contribution < 1.29 is 4.74 Å². The minimum atomic E-state index is 0.213. The molecule has 1 aromatic rings. The predicted molar refractivity (Wildman–Crippen MR) is 76.8 cm³/mol. The summed E-state index contributed by atoms with van der Waals surface area (Å²) < 4.78 is 5.05. The molecule has 2 aliphatic rings. The van der Waals surface area contributed by atoms with Crippen LogP contribution in [0.1, 0.15) is 25.7 Å². The van der Waals surface area contributed by atoms with Crippen molar-refractivity contribution in [2.45, 2.75) is 31.7 Å². The van der Waals surface area contributed by atoms with E-state index in [-0.39, 0.29) is 12.0 Å². The molecule has 0 atom stereocenters. The number of anilines is 2. The third kappa shape index (κ3) is 2.77. The van der Waals surface area contributed by atoms with Crippen molar-refractivity contribution >= 4 is 11.9 Å². The van der Waals surface area contributed by atoms with Crippen LogP contribution in [0.5, 0.6) is 6.01 Å². The lowest BCUT2D eigenvalue weighted by Gasteiger charge is -2.38. The molecule has 2 heterocycles. The monoisotopic (exact) mass is 278 g/mol. The number of nitrogens with two attached hydrogens (primary N) is 1. The zero-order valence-electron chi connectivity index (χ0n) is 12.0. The Hall–Kier alpha value is -1.63. The van der Waals surface area contributed by atoms with Gasteiger partial charge in [-0.3, -0.25) is 4.90 Å². The second-order valence-corrected chi connectivity index (χ2v) is 5.44. The summed E-state index contributed by atoms with van der Waals surface area (Å²) in [5, 5.41) is 0. The standard InChI is InChI=1S/C13H22N6O/c1-20-13-16-11(14)15-12(17-13)19-8-6-18(7-9-19)10-4-2-3-5-10/h10H,2-9H2,1H3,(H2,14,15,16,17). The zero-order chi connectivity index (χ0) is 13.9. The Morgan fingerprint density at radius 1 is 1.05 bits per heavy atom. The molecule has 0 unspecified atom stereocenters. The average molecular weight is 278 g/mol. The van der Waals surface area contributed by atoms with Crippen molar-refractivity contribution in [3.63, 3.8) is 0 Å². The van der Waals surface area contributed by atoms with Gasteiger partial charge < -0.3 is 15.4 Å². The highest BCUT2D eigenvalue weighted by Crippen LogP contribution is 2.25. The quantitative estimate of drug-likeness (QED) is 0.863. The second kappa shape index (κ2) is 5.78. The fourth-order valence-electron chi connectivity index (χ4n) is 3.15. The van der Waals surface area contributed by atoms with Crippen LogP contribution in [-0.2, 0) is 0 Å². The lowest BCUT2D eigenvalue weighted by molar-refractivity contribution is 0.186. The lowest BCUT2D eigenvalue weighted by atomic mass is 10.2. The SMILES string of the molecule is COc1nc(N)nc(N2CCN(C3CCCC3)CC2)n1. The molecule has 3 rings (SSSR count). The van der Waals surface area contributed by atoms with Crippen LogP contribution >= 0.6 is 0 Å². The number of hydrogen-bond donors (Lipinski definition) is 1. The van der Waals surface area contributed by atoms with Gasteiger partial charge in [0.05, 0.1) is 7.11 Å². The highest BCUT2D eigenvalue weighted by atomic mass is 16.5. The van der Waals surface area contributed by atoms with Crippen LogP contribution in [0.2, 0.25) is 0 Å². The molecule has 0 spiro atoms. The van der Waals surface area contributed by atoms with Crippen LogP contribution < -0.4 is 15.4 Å². The van der Waals surface area contributed by atoms with Crippen molar-refractivity contribution in [1.82, 2.24) is 19.9 Å². The second-order valence-electron chi connectivity index (χ2n) is 5.44. The predicted octanol–water partition coefficient (Wildman–Crippen LogP) is 0.527. The van der Waals surface area contributed by atoms with E-state index in [9.17, 15) is 0 Å². The van der Waals surface area contributed by atoms with Crippen LogP contribution in [0.3, 0.4) is 0 Å². The summed E-state index contributed by atoms with van der Waals surface area (Å²) in [5.74, 6) is 0.838.